The van der Waals surface area contributed by atoms with E-state index in [1.54, 1.807) is 0 Å². The Balaban J connectivity index is 4.12. The van der Waals surface area contributed by atoms with Crippen LogP contribution in [0.2, 0.25) is 0 Å². The summed E-state index contributed by atoms with van der Waals surface area (Å²) in [6.45, 7) is 3.73. The van der Waals surface area contributed by atoms with Crippen LogP contribution in [0.4, 0.5) is 0 Å². The summed E-state index contributed by atoms with van der Waals surface area (Å²) in [4.78, 5) is 10.5. The highest BCUT2D eigenvalue weighted by atomic mass is 32.2. The predicted molar refractivity (Wildman–Crippen MR) is 43.2 cm³/mol. The van der Waals surface area contributed by atoms with Gasteiger partial charge in [0.1, 0.15) is 5.25 Å². The molecule has 0 rings (SSSR count). The molecule has 0 aromatic carbocycles. The number of amides is 1. The van der Waals surface area contributed by atoms with Crippen molar-refractivity contribution in [2.45, 2.75) is 25.5 Å². The van der Waals surface area contributed by atoms with Crippen LogP contribution in [0.5, 0.6) is 0 Å². The van der Waals surface area contributed by atoms with Crippen molar-refractivity contribution in [3.8, 4) is 0 Å². The lowest BCUT2D eigenvalue weighted by atomic mass is 10.1. The zero-order valence-electron chi connectivity index (χ0n) is 6.61. The van der Waals surface area contributed by atoms with Crippen molar-refractivity contribution in [3.05, 3.63) is 0 Å². The molecule has 0 aliphatic carbocycles. The third kappa shape index (κ3) is 4.10. The summed E-state index contributed by atoms with van der Waals surface area (Å²) in [7, 11) is 0. The van der Waals surface area contributed by atoms with Gasteiger partial charge in [-0.05, 0) is 12.3 Å². The lowest BCUT2D eigenvalue weighted by Gasteiger charge is -2.10. The van der Waals surface area contributed by atoms with E-state index >= 15 is 0 Å². The van der Waals surface area contributed by atoms with E-state index in [1.807, 2.05) is 13.8 Å². The Morgan fingerprint density at radius 2 is 2.09 bits per heavy atom. The van der Waals surface area contributed by atoms with Crippen molar-refractivity contribution in [2.24, 2.45) is 11.7 Å². The number of hydrogen-bond donors (Lipinski definition) is 2. The van der Waals surface area contributed by atoms with Crippen molar-refractivity contribution >= 4 is 17.0 Å². The molecular formula is C6H13NO3S. The highest BCUT2D eigenvalue weighted by molar-refractivity contribution is 7.80. The molecule has 0 saturated heterocycles. The number of nitrogens with two attached hydrogens (primary N) is 1. The quantitative estimate of drug-likeness (QED) is 0.601. The molecule has 3 N–H and O–H groups in total. The molecule has 11 heavy (non-hydrogen) atoms. The van der Waals surface area contributed by atoms with E-state index in [1.165, 1.54) is 0 Å². The van der Waals surface area contributed by atoms with Crippen molar-refractivity contribution < 1.29 is 13.6 Å². The Hall–Kier alpha value is -0.420. The van der Waals surface area contributed by atoms with Crippen molar-refractivity contribution in [3.63, 3.8) is 0 Å². The first-order valence-electron chi connectivity index (χ1n) is 3.34. The Morgan fingerprint density at radius 3 is 2.18 bits per heavy atom. The second-order valence-corrected chi connectivity index (χ2v) is 3.92. The standard InChI is InChI=1S/C6H13NO3S/c1-4(2)3-5(6(7)8)11(9)10/h4-5H,3H2,1-2H3,(H2,7,8)(H,9,10). The molecule has 0 heterocycles. The summed E-state index contributed by atoms with van der Waals surface area (Å²) >= 11 is -2.13. The Kier molecular flexibility index (Phi) is 4.29. The van der Waals surface area contributed by atoms with Crippen LogP contribution in [0.15, 0.2) is 0 Å². The summed E-state index contributed by atoms with van der Waals surface area (Å²) in [6.07, 6.45) is 0.360. The summed E-state index contributed by atoms with van der Waals surface area (Å²) in [5.74, 6) is -0.511. The van der Waals surface area contributed by atoms with Crippen molar-refractivity contribution in [1.29, 1.82) is 0 Å². The van der Waals surface area contributed by atoms with E-state index in [0.717, 1.165) is 0 Å². The highest BCUT2D eigenvalue weighted by Crippen LogP contribution is 2.08. The van der Waals surface area contributed by atoms with Gasteiger partial charge >= 0.3 is 0 Å². The topological polar surface area (TPSA) is 80.4 Å². The molecule has 2 unspecified atom stereocenters. The minimum absolute atomic E-state index is 0.198. The number of hydrogen-bond acceptors (Lipinski definition) is 2. The molecule has 0 aromatic rings. The SMILES string of the molecule is CC(C)CC(C(N)=O)S(=O)O. The van der Waals surface area contributed by atoms with Gasteiger partial charge in [-0.25, -0.2) is 4.21 Å². The molecule has 0 fully saturated rings. The Morgan fingerprint density at radius 1 is 1.64 bits per heavy atom. The predicted octanol–water partition coefficient (Wildman–Crippen LogP) is 0.108. The second-order valence-electron chi connectivity index (χ2n) is 2.80. The van der Waals surface area contributed by atoms with Gasteiger partial charge in [-0.3, -0.25) is 4.79 Å². The molecule has 2 atom stereocenters. The van der Waals surface area contributed by atoms with Gasteiger partial charge in [-0.2, -0.15) is 0 Å². The molecule has 0 aromatic heterocycles. The van der Waals surface area contributed by atoms with Crippen LogP contribution in [0.25, 0.3) is 0 Å². The highest BCUT2D eigenvalue weighted by Gasteiger charge is 2.22. The van der Waals surface area contributed by atoms with E-state index < -0.39 is 22.2 Å². The number of rotatable bonds is 4. The third-order valence-corrected chi connectivity index (χ3v) is 2.16. The lowest BCUT2D eigenvalue weighted by Crippen LogP contribution is -2.33. The number of carbonyl (C=O) groups is 1. The fourth-order valence-electron chi connectivity index (χ4n) is 0.726. The van der Waals surface area contributed by atoms with Crippen molar-refractivity contribution in [2.75, 3.05) is 0 Å². The third-order valence-electron chi connectivity index (χ3n) is 1.25. The minimum atomic E-state index is -2.13. The number of primary amides is 1. The van der Waals surface area contributed by atoms with Crippen LogP contribution in [-0.4, -0.2) is 19.9 Å². The van der Waals surface area contributed by atoms with E-state index in [9.17, 15) is 9.00 Å². The molecular weight excluding hydrogens is 166 g/mol. The van der Waals surface area contributed by atoms with Crippen LogP contribution in [0.3, 0.4) is 0 Å². The molecule has 0 bridgehead atoms. The molecule has 0 aliphatic rings. The molecule has 4 nitrogen and oxygen atoms in total. The first kappa shape index (κ1) is 10.6. The number of carbonyl (C=O) groups excluding carboxylic acids is 1. The van der Waals surface area contributed by atoms with Gasteiger partial charge in [0.25, 0.3) is 0 Å². The van der Waals surface area contributed by atoms with Crippen LogP contribution in [-0.2, 0) is 15.9 Å². The zero-order valence-corrected chi connectivity index (χ0v) is 7.43. The molecule has 0 saturated carbocycles. The average Bonchev–Trinajstić information content (AvgIpc) is 1.81. The first-order chi connectivity index (χ1) is 4.95. The van der Waals surface area contributed by atoms with E-state index in [0.29, 0.717) is 6.42 Å². The van der Waals surface area contributed by atoms with E-state index in [2.05, 4.69) is 0 Å². The average molecular weight is 179 g/mol. The summed E-state index contributed by atoms with van der Waals surface area (Å²) < 4.78 is 19.1. The van der Waals surface area contributed by atoms with Crippen LogP contribution in [0.1, 0.15) is 20.3 Å². The summed E-state index contributed by atoms with van der Waals surface area (Å²) in [5, 5.41) is -0.921. The van der Waals surface area contributed by atoms with Gasteiger partial charge < -0.3 is 10.3 Å². The van der Waals surface area contributed by atoms with Crippen molar-refractivity contribution in [1.82, 2.24) is 0 Å². The maximum Gasteiger partial charge on any atom is 0.235 e. The van der Waals surface area contributed by atoms with Crippen LogP contribution >= 0.6 is 0 Å². The monoisotopic (exact) mass is 179 g/mol. The fraction of sp³-hybridized carbons (Fsp3) is 0.833. The van der Waals surface area contributed by atoms with Crippen LogP contribution in [0, 0.1) is 5.92 Å². The lowest BCUT2D eigenvalue weighted by molar-refractivity contribution is -0.117. The molecule has 5 heteroatoms. The maximum absolute atomic E-state index is 10.5. The largest absolute Gasteiger partial charge is 0.369 e. The van der Waals surface area contributed by atoms with Gasteiger partial charge in [0.15, 0.2) is 11.1 Å². The van der Waals surface area contributed by atoms with Gasteiger partial charge in [0.05, 0.1) is 0 Å². The van der Waals surface area contributed by atoms with E-state index in [4.69, 9.17) is 10.3 Å². The van der Waals surface area contributed by atoms with Crippen LogP contribution < -0.4 is 5.73 Å². The maximum atomic E-state index is 10.5. The van der Waals surface area contributed by atoms with Gasteiger partial charge in [-0.15, -0.1) is 0 Å². The second kappa shape index (κ2) is 4.46. The minimum Gasteiger partial charge on any atom is -0.369 e. The first-order valence-corrected chi connectivity index (χ1v) is 4.51. The fourth-order valence-corrected chi connectivity index (χ4v) is 1.47. The zero-order chi connectivity index (χ0) is 9.02. The summed E-state index contributed by atoms with van der Waals surface area (Å²) in [5.41, 5.74) is 4.89. The van der Waals surface area contributed by atoms with Gasteiger partial charge in [0, 0.05) is 0 Å². The van der Waals surface area contributed by atoms with E-state index in [-0.39, 0.29) is 5.92 Å². The van der Waals surface area contributed by atoms with Gasteiger partial charge in [-0.1, -0.05) is 13.8 Å². The van der Waals surface area contributed by atoms with Gasteiger partial charge in [0.2, 0.25) is 5.91 Å². The molecule has 0 aliphatic heterocycles. The smallest absolute Gasteiger partial charge is 0.235 e. The molecule has 1 amide bonds. The molecule has 0 spiro atoms. The Bertz CT molecular complexity index is 155. The Labute approximate surface area is 68.4 Å². The molecule has 66 valence electrons. The normalized spacial score (nSPS) is 16.4. The summed E-state index contributed by atoms with van der Waals surface area (Å²) in [6, 6.07) is 0. The molecule has 0 radical (unpaired) electrons.